The Kier molecular flexibility index (Phi) is 4.92. The van der Waals surface area contributed by atoms with E-state index in [1.807, 2.05) is 0 Å². The molecule has 2 amide bonds. The summed E-state index contributed by atoms with van der Waals surface area (Å²) in [7, 11) is 0. The topological polar surface area (TPSA) is 91.4 Å². The van der Waals surface area contributed by atoms with Gasteiger partial charge in [0.1, 0.15) is 11.5 Å². The number of carbonyl (C=O) groups excluding carboxylic acids is 2. The summed E-state index contributed by atoms with van der Waals surface area (Å²) in [5, 5.41) is 10.4. The van der Waals surface area contributed by atoms with Gasteiger partial charge < -0.3 is 14.5 Å². The number of H-pyrrole nitrogens is 1. The first-order valence-corrected chi connectivity index (χ1v) is 7.98. The maximum absolute atomic E-state index is 13.1. The van der Waals surface area contributed by atoms with Crippen LogP contribution in [-0.4, -0.2) is 70.0 Å². The van der Waals surface area contributed by atoms with E-state index < -0.39 is 0 Å². The molecule has 132 valence electrons. The van der Waals surface area contributed by atoms with E-state index in [2.05, 4.69) is 15.4 Å². The molecule has 8 nitrogen and oxygen atoms in total. The zero-order chi connectivity index (χ0) is 17.8. The molecular formula is C16H18FN5O3. The van der Waals surface area contributed by atoms with Crippen LogP contribution >= 0.6 is 0 Å². The lowest BCUT2D eigenvalue weighted by Crippen LogP contribution is -2.50. The van der Waals surface area contributed by atoms with Gasteiger partial charge in [-0.1, -0.05) is 0 Å². The third kappa shape index (κ3) is 3.59. The van der Waals surface area contributed by atoms with Gasteiger partial charge in [-0.05, 0) is 31.2 Å². The molecule has 1 aromatic heterocycles. The minimum Gasteiger partial charge on any atom is -0.450 e. The lowest BCUT2D eigenvalue weighted by atomic mass is 10.1. The second-order valence-corrected chi connectivity index (χ2v) is 5.51. The van der Waals surface area contributed by atoms with E-state index in [1.165, 1.54) is 12.1 Å². The highest BCUT2D eigenvalue weighted by molar-refractivity contribution is 5.98. The standard InChI is InChI=1S/C16H18FN5O3/c1-2-25-16(24)22-9-7-21(8-10-22)15(23)14-13(18-20-19-14)11-3-5-12(17)6-4-11/h3-6H,2,7-10H2,1H3,(H,18,19,20). The third-order valence-electron chi connectivity index (χ3n) is 3.96. The van der Waals surface area contributed by atoms with Crippen LogP contribution in [0.3, 0.4) is 0 Å². The number of nitrogens with one attached hydrogen (secondary N) is 1. The van der Waals surface area contributed by atoms with Gasteiger partial charge in [0.15, 0.2) is 5.69 Å². The Morgan fingerprint density at radius 3 is 2.40 bits per heavy atom. The zero-order valence-corrected chi connectivity index (χ0v) is 13.7. The van der Waals surface area contributed by atoms with Crippen LogP contribution in [0, 0.1) is 5.82 Å². The summed E-state index contributed by atoms with van der Waals surface area (Å²) in [6.45, 7) is 3.63. The van der Waals surface area contributed by atoms with Crippen LogP contribution in [0.5, 0.6) is 0 Å². The minimum atomic E-state index is -0.372. The first-order chi connectivity index (χ1) is 12.1. The maximum Gasteiger partial charge on any atom is 0.409 e. The number of nitrogens with zero attached hydrogens (tertiary/aromatic N) is 4. The molecule has 1 saturated heterocycles. The van der Waals surface area contributed by atoms with Gasteiger partial charge in [0, 0.05) is 31.7 Å². The second-order valence-electron chi connectivity index (χ2n) is 5.51. The van der Waals surface area contributed by atoms with Crippen LogP contribution in [0.25, 0.3) is 11.3 Å². The van der Waals surface area contributed by atoms with Gasteiger partial charge >= 0.3 is 6.09 Å². The monoisotopic (exact) mass is 347 g/mol. The predicted molar refractivity (Wildman–Crippen MR) is 86.3 cm³/mol. The van der Waals surface area contributed by atoms with E-state index in [4.69, 9.17) is 4.74 Å². The van der Waals surface area contributed by atoms with Crippen molar-refractivity contribution in [3.05, 3.63) is 35.8 Å². The summed E-state index contributed by atoms with van der Waals surface area (Å²) < 4.78 is 18.0. The molecule has 0 radical (unpaired) electrons. The molecule has 1 aromatic carbocycles. The molecule has 0 atom stereocenters. The molecule has 0 spiro atoms. The van der Waals surface area contributed by atoms with Crippen LogP contribution in [0.1, 0.15) is 17.4 Å². The second kappa shape index (κ2) is 7.29. The Morgan fingerprint density at radius 1 is 1.12 bits per heavy atom. The number of ether oxygens (including phenoxy) is 1. The lowest BCUT2D eigenvalue weighted by Gasteiger charge is -2.33. The van der Waals surface area contributed by atoms with Crippen molar-refractivity contribution in [3.8, 4) is 11.3 Å². The minimum absolute atomic E-state index is 0.177. The van der Waals surface area contributed by atoms with Crippen molar-refractivity contribution in [2.45, 2.75) is 6.92 Å². The molecule has 1 fully saturated rings. The molecule has 2 heterocycles. The number of amides is 2. The van der Waals surface area contributed by atoms with Crippen LogP contribution in [0.2, 0.25) is 0 Å². The van der Waals surface area contributed by atoms with Crippen molar-refractivity contribution in [1.82, 2.24) is 25.2 Å². The molecule has 0 aliphatic carbocycles. The molecule has 1 aliphatic heterocycles. The van der Waals surface area contributed by atoms with Crippen LogP contribution in [-0.2, 0) is 4.74 Å². The summed E-state index contributed by atoms with van der Waals surface area (Å²) in [5.41, 5.74) is 1.15. The number of aromatic nitrogens is 3. The summed E-state index contributed by atoms with van der Waals surface area (Å²) in [5.74, 6) is -0.646. The van der Waals surface area contributed by atoms with Gasteiger partial charge in [0.05, 0.1) is 6.61 Å². The summed E-state index contributed by atoms with van der Waals surface area (Å²) in [6.07, 6.45) is -0.372. The quantitative estimate of drug-likeness (QED) is 0.909. The van der Waals surface area contributed by atoms with Crippen molar-refractivity contribution in [2.24, 2.45) is 0 Å². The van der Waals surface area contributed by atoms with Crippen molar-refractivity contribution in [1.29, 1.82) is 0 Å². The Balaban J connectivity index is 1.70. The van der Waals surface area contributed by atoms with Gasteiger partial charge in [-0.2, -0.15) is 15.4 Å². The molecule has 3 rings (SSSR count). The van der Waals surface area contributed by atoms with Crippen molar-refractivity contribution >= 4 is 12.0 Å². The van der Waals surface area contributed by atoms with E-state index in [0.717, 1.165) is 0 Å². The number of hydrogen-bond donors (Lipinski definition) is 1. The predicted octanol–water partition coefficient (Wildman–Crippen LogP) is 1.53. The number of carbonyl (C=O) groups is 2. The average Bonchev–Trinajstić information content (AvgIpc) is 3.12. The van der Waals surface area contributed by atoms with Crippen LogP contribution in [0.4, 0.5) is 9.18 Å². The lowest BCUT2D eigenvalue weighted by molar-refractivity contribution is 0.0566. The largest absolute Gasteiger partial charge is 0.450 e. The van der Waals surface area contributed by atoms with E-state index in [0.29, 0.717) is 44.0 Å². The summed E-state index contributed by atoms with van der Waals surface area (Å²) in [6, 6.07) is 5.69. The highest BCUT2D eigenvalue weighted by Gasteiger charge is 2.28. The molecule has 25 heavy (non-hydrogen) atoms. The summed E-state index contributed by atoms with van der Waals surface area (Å²) in [4.78, 5) is 27.6. The Morgan fingerprint density at radius 2 is 1.76 bits per heavy atom. The van der Waals surface area contributed by atoms with Gasteiger partial charge in [0.25, 0.3) is 5.91 Å². The number of halogens is 1. The number of piperazine rings is 1. The van der Waals surface area contributed by atoms with Gasteiger partial charge in [-0.15, -0.1) is 0 Å². The number of rotatable bonds is 3. The average molecular weight is 347 g/mol. The smallest absolute Gasteiger partial charge is 0.409 e. The zero-order valence-electron chi connectivity index (χ0n) is 13.7. The molecular weight excluding hydrogens is 329 g/mol. The Labute approximate surface area is 143 Å². The number of hydrogen-bond acceptors (Lipinski definition) is 5. The molecule has 0 saturated carbocycles. The fourth-order valence-corrected chi connectivity index (χ4v) is 2.65. The van der Waals surface area contributed by atoms with Crippen LogP contribution < -0.4 is 0 Å². The van der Waals surface area contributed by atoms with E-state index >= 15 is 0 Å². The molecule has 0 bridgehead atoms. The van der Waals surface area contributed by atoms with E-state index in [-0.39, 0.29) is 23.5 Å². The first kappa shape index (κ1) is 16.9. The molecule has 0 unspecified atom stereocenters. The molecule has 1 N–H and O–H groups in total. The molecule has 1 aliphatic rings. The highest BCUT2D eigenvalue weighted by atomic mass is 19.1. The molecule has 2 aromatic rings. The van der Waals surface area contributed by atoms with Crippen molar-refractivity contribution in [2.75, 3.05) is 32.8 Å². The van der Waals surface area contributed by atoms with Gasteiger partial charge in [-0.25, -0.2) is 9.18 Å². The number of aromatic amines is 1. The van der Waals surface area contributed by atoms with E-state index in [1.54, 1.807) is 28.9 Å². The number of benzene rings is 1. The highest BCUT2D eigenvalue weighted by Crippen LogP contribution is 2.21. The van der Waals surface area contributed by atoms with Crippen molar-refractivity contribution < 1.29 is 18.7 Å². The maximum atomic E-state index is 13.1. The van der Waals surface area contributed by atoms with E-state index in [9.17, 15) is 14.0 Å². The summed E-state index contributed by atoms with van der Waals surface area (Å²) >= 11 is 0. The fourth-order valence-electron chi connectivity index (χ4n) is 2.65. The third-order valence-corrected chi connectivity index (χ3v) is 3.96. The van der Waals surface area contributed by atoms with Gasteiger partial charge in [0.2, 0.25) is 0 Å². The normalized spacial score (nSPS) is 14.5. The SMILES string of the molecule is CCOC(=O)N1CCN(C(=O)c2n[nH]nc2-c2ccc(F)cc2)CC1. The first-order valence-electron chi connectivity index (χ1n) is 7.98. The fraction of sp³-hybridized carbons (Fsp3) is 0.375. The van der Waals surface area contributed by atoms with Crippen LogP contribution in [0.15, 0.2) is 24.3 Å². The Hall–Kier alpha value is -2.97. The van der Waals surface area contributed by atoms with Crippen molar-refractivity contribution in [3.63, 3.8) is 0 Å². The van der Waals surface area contributed by atoms with Gasteiger partial charge in [-0.3, -0.25) is 4.79 Å². The Bertz CT molecular complexity index is 753. The molecule has 9 heteroatoms.